The zero-order chi connectivity index (χ0) is 11.0. The standard InChI is InChI=1S/C14H28/c1-7-10-11(4)14(6)12(8-2)13(14,5)9-3/h11-12H,7-10H2,1-6H3. The van der Waals surface area contributed by atoms with Crippen LogP contribution >= 0.6 is 0 Å². The van der Waals surface area contributed by atoms with Gasteiger partial charge < -0.3 is 0 Å². The van der Waals surface area contributed by atoms with Gasteiger partial charge in [0.15, 0.2) is 0 Å². The molecule has 0 bridgehead atoms. The molecule has 0 aromatic carbocycles. The molecule has 0 amide bonds. The molecule has 0 spiro atoms. The van der Waals surface area contributed by atoms with Crippen molar-refractivity contribution >= 4 is 0 Å². The fourth-order valence-corrected chi connectivity index (χ4v) is 4.16. The largest absolute Gasteiger partial charge is 0.0654 e. The van der Waals surface area contributed by atoms with E-state index in [1.54, 1.807) is 0 Å². The first kappa shape index (κ1) is 12.1. The van der Waals surface area contributed by atoms with Crippen LogP contribution in [-0.2, 0) is 0 Å². The van der Waals surface area contributed by atoms with Crippen molar-refractivity contribution in [2.45, 2.75) is 67.2 Å². The Morgan fingerprint density at radius 2 is 1.71 bits per heavy atom. The molecule has 0 saturated heterocycles. The van der Waals surface area contributed by atoms with Crippen LogP contribution in [0.15, 0.2) is 0 Å². The molecule has 1 saturated carbocycles. The predicted octanol–water partition coefficient (Wildman–Crippen LogP) is 4.89. The first-order chi connectivity index (χ1) is 6.48. The van der Waals surface area contributed by atoms with E-state index in [1.807, 2.05) is 0 Å². The first-order valence-corrected chi connectivity index (χ1v) is 6.48. The van der Waals surface area contributed by atoms with E-state index in [4.69, 9.17) is 0 Å². The van der Waals surface area contributed by atoms with Crippen molar-refractivity contribution in [1.29, 1.82) is 0 Å². The number of rotatable bonds is 5. The highest BCUT2D eigenvalue weighted by molar-refractivity contribution is 5.17. The van der Waals surface area contributed by atoms with Crippen molar-refractivity contribution in [2.24, 2.45) is 22.7 Å². The van der Waals surface area contributed by atoms with Crippen LogP contribution in [0.1, 0.15) is 67.2 Å². The molecular formula is C14H28. The second-order valence-corrected chi connectivity index (χ2v) is 5.70. The maximum absolute atomic E-state index is 2.53. The number of hydrogen-bond acceptors (Lipinski definition) is 0. The minimum atomic E-state index is 0.631. The molecule has 1 aliphatic carbocycles. The van der Waals surface area contributed by atoms with Crippen LogP contribution in [0.2, 0.25) is 0 Å². The van der Waals surface area contributed by atoms with Crippen molar-refractivity contribution in [3.8, 4) is 0 Å². The van der Waals surface area contributed by atoms with Crippen LogP contribution in [0, 0.1) is 22.7 Å². The molecule has 1 fully saturated rings. The van der Waals surface area contributed by atoms with Gasteiger partial charge in [0.2, 0.25) is 0 Å². The van der Waals surface area contributed by atoms with E-state index in [-0.39, 0.29) is 0 Å². The van der Waals surface area contributed by atoms with Gasteiger partial charge in [0.1, 0.15) is 0 Å². The van der Waals surface area contributed by atoms with Crippen molar-refractivity contribution in [1.82, 2.24) is 0 Å². The monoisotopic (exact) mass is 196 g/mol. The van der Waals surface area contributed by atoms with Gasteiger partial charge >= 0.3 is 0 Å². The zero-order valence-corrected chi connectivity index (χ0v) is 11.0. The van der Waals surface area contributed by atoms with E-state index in [1.165, 1.54) is 25.7 Å². The van der Waals surface area contributed by atoms with E-state index in [0.29, 0.717) is 10.8 Å². The summed E-state index contributed by atoms with van der Waals surface area (Å²) in [7, 11) is 0. The lowest BCUT2D eigenvalue weighted by Crippen LogP contribution is -2.16. The van der Waals surface area contributed by atoms with Gasteiger partial charge in [-0.3, -0.25) is 0 Å². The van der Waals surface area contributed by atoms with Gasteiger partial charge in [0.25, 0.3) is 0 Å². The summed E-state index contributed by atoms with van der Waals surface area (Å²) in [6.07, 6.45) is 5.47. The Balaban J connectivity index is 2.76. The van der Waals surface area contributed by atoms with Gasteiger partial charge in [-0.2, -0.15) is 0 Å². The quantitative estimate of drug-likeness (QED) is 0.587. The maximum atomic E-state index is 2.53. The minimum Gasteiger partial charge on any atom is -0.0654 e. The van der Waals surface area contributed by atoms with Gasteiger partial charge in [0, 0.05) is 0 Å². The summed E-state index contributed by atoms with van der Waals surface area (Å²) in [5, 5.41) is 0. The van der Waals surface area contributed by atoms with Crippen molar-refractivity contribution in [3.63, 3.8) is 0 Å². The second kappa shape index (κ2) is 3.87. The molecule has 14 heavy (non-hydrogen) atoms. The average Bonchev–Trinajstić information content (AvgIpc) is 2.66. The third kappa shape index (κ3) is 1.33. The molecule has 0 nitrogen and oxygen atoms in total. The summed E-state index contributed by atoms with van der Waals surface area (Å²) in [6.45, 7) is 14.5. The Bertz CT molecular complexity index is 196. The minimum absolute atomic E-state index is 0.631. The molecule has 0 aliphatic heterocycles. The van der Waals surface area contributed by atoms with Gasteiger partial charge in [-0.15, -0.1) is 0 Å². The van der Waals surface area contributed by atoms with E-state index in [2.05, 4.69) is 41.5 Å². The fourth-order valence-electron chi connectivity index (χ4n) is 4.16. The highest BCUT2D eigenvalue weighted by Gasteiger charge is 2.69. The second-order valence-electron chi connectivity index (χ2n) is 5.70. The van der Waals surface area contributed by atoms with E-state index in [0.717, 1.165) is 11.8 Å². The summed E-state index contributed by atoms with van der Waals surface area (Å²) in [5.74, 6) is 1.88. The van der Waals surface area contributed by atoms with E-state index in [9.17, 15) is 0 Å². The Morgan fingerprint density at radius 3 is 2.00 bits per heavy atom. The molecule has 0 aromatic heterocycles. The molecular weight excluding hydrogens is 168 g/mol. The highest BCUT2D eigenvalue weighted by atomic mass is 14.7. The Kier molecular flexibility index (Phi) is 3.33. The topological polar surface area (TPSA) is 0 Å². The highest BCUT2D eigenvalue weighted by Crippen LogP contribution is 2.75. The fraction of sp³-hybridized carbons (Fsp3) is 1.00. The van der Waals surface area contributed by atoms with Crippen LogP contribution in [0.3, 0.4) is 0 Å². The van der Waals surface area contributed by atoms with Gasteiger partial charge in [-0.05, 0) is 29.1 Å². The summed E-state index contributed by atoms with van der Waals surface area (Å²) < 4.78 is 0. The molecule has 0 heterocycles. The summed E-state index contributed by atoms with van der Waals surface area (Å²) in [6, 6.07) is 0. The van der Waals surface area contributed by atoms with Crippen molar-refractivity contribution < 1.29 is 0 Å². The molecule has 0 aromatic rings. The van der Waals surface area contributed by atoms with Gasteiger partial charge in [-0.1, -0.05) is 60.8 Å². The molecule has 0 radical (unpaired) electrons. The van der Waals surface area contributed by atoms with Crippen LogP contribution in [0.4, 0.5) is 0 Å². The molecule has 4 unspecified atom stereocenters. The van der Waals surface area contributed by atoms with Crippen LogP contribution in [0.5, 0.6) is 0 Å². The Labute approximate surface area is 90.5 Å². The third-order valence-corrected chi connectivity index (χ3v) is 5.53. The summed E-state index contributed by atoms with van der Waals surface area (Å²) >= 11 is 0. The molecule has 4 atom stereocenters. The first-order valence-electron chi connectivity index (χ1n) is 6.48. The molecule has 0 heteroatoms. The zero-order valence-electron chi connectivity index (χ0n) is 11.0. The summed E-state index contributed by atoms with van der Waals surface area (Å²) in [4.78, 5) is 0. The molecule has 84 valence electrons. The van der Waals surface area contributed by atoms with Crippen LogP contribution < -0.4 is 0 Å². The predicted molar refractivity (Wildman–Crippen MR) is 64.4 cm³/mol. The molecule has 0 N–H and O–H groups in total. The van der Waals surface area contributed by atoms with E-state index < -0.39 is 0 Å². The van der Waals surface area contributed by atoms with Gasteiger partial charge in [-0.25, -0.2) is 0 Å². The molecule has 1 aliphatic rings. The SMILES string of the molecule is CCCC(C)C1(C)C(CC)C1(C)CC. The van der Waals surface area contributed by atoms with Gasteiger partial charge in [0.05, 0.1) is 0 Å². The third-order valence-electron chi connectivity index (χ3n) is 5.53. The number of hydrogen-bond donors (Lipinski definition) is 0. The van der Waals surface area contributed by atoms with Crippen molar-refractivity contribution in [3.05, 3.63) is 0 Å². The lowest BCUT2D eigenvalue weighted by molar-refractivity contribution is 0.250. The van der Waals surface area contributed by atoms with E-state index >= 15 is 0 Å². The normalized spacial score (nSPS) is 43.7. The lowest BCUT2D eigenvalue weighted by atomic mass is 9.81. The molecule has 1 rings (SSSR count). The smallest absolute Gasteiger partial charge is 0.0210 e. The maximum Gasteiger partial charge on any atom is -0.0210 e. The summed E-state index contributed by atoms with van der Waals surface area (Å²) in [5.41, 5.74) is 1.27. The van der Waals surface area contributed by atoms with Crippen LogP contribution in [0.25, 0.3) is 0 Å². The van der Waals surface area contributed by atoms with Crippen molar-refractivity contribution in [2.75, 3.05) is 0 Å². The Morgan fingerprint density at radius 1 is 1.14 bits per heavy atom. The average molecular weight is 196 g/mol. The Hall–Kier alpha value is 0. The lowest BCUT2D eigenvalue weighted by Gasteiger charge is -2.24. The van der Waals surface area contributed by atoms with Crippen LogP contribution in [-0.4, -0.2) is 0 Å².